The molecule has 0 saturated heterocycles. The Morgan fingerprint density at radius 1 is 1.12 bits per heavy atom. The molecule has 1 heterocycles. The van der Waals surface area contributed by atoms with Crippen LogP contribution in [0.4, 0.5) is 11.9 Å². The van der Waals surface area contributed by atoms with Gasteiger partial charge in [0.2, 0.25) is 11.9 Å². The number of hydrogen-bond acceptors (Lipinski definition) is 7. The normalized spacial score (nSPS) is 9.94. The number of hydrogen-bond donors (Lipinski definition) is 3. The van der Waals surface area contributed by atoms with Gasteiger partial charge in [0.15, 0.2) is 0 Å². The summed E-state index contributed by atoms with van der Waals surface area (Å²) in [6.07, 6.45) is 0.980. The third-order valence-corrected chi connectivity index (χ3v) is 1.73. The van der Waals surface area contributed by atoms with E-state index in [0.29, 0.717) is 18.4 Å². The topological polar surface area (TPSA) is 92.2 Å². The van der Waals surface area contributed by atoms with Gasteiger partial charge in [0.25, 0.3) is 0 Å². The van der Waals surface area contributed by atoms with Crippen molar-refractivity contribution in [2.24, 2.45) is 0 Å². The number of nitrogens with one attached hydrogen (secondary N) is 2. The van der Waals surface area contributed by atoms with E-state index in [1.165, 1.54) is 7.11 Å². The van der Waals surface area contributed by atoms with Gasteiger partial charge >= 0.3 is 6.01 Å². The molecule has 0 spiro atoms. The lowest BCUT2D eigenvalue weighted by atomic mass is 10.5. The first-order valence-electron chi connectivity index (χ1n) is 5.18. The zero-order chi connectivity index (χ0) is 11.8. The molecule has 0 aromatic carbocycles. The van der Waals surface area contributed by atoms with Crippen LogP contribution in [0.25, 0.3) is 0 Å². The second kappa shape index (κ2) is 6.78. The number of methoxy groups -OCH3 is 1. The van der Waals surface area contributed by atoms with Crippen molar-refractivity contribution in [3.63, 3.8) is 0 Å². The van der Waals surface area contributed by atoms with E-state index in [2.05, 4.69) is 32.5 Å². The molecule has 0 unspecified atom stereocenters. The van der Waals surface area contributed by atoms with E-state index in [9.17, 15) is 0 Å². The summed E-state index contributed by atoms with van der Waals surface area (Å²) in [6, 6.07) is 0.244. The van der Waals surface area contributed by atoms with Crippen molar-refractivity contribution in [2.45, 2.75) is 13.3 Å². The van der Waals surface area contributed by atoms with Crippen LogP contribution in [0.15, 0.2) is 0 Å². The first kappa shape index (κ1) is 12.4. The maximum atomic E-state index is 8.68. The molecule has 0 amide bonds. The largest absolute Gasteiger partial charge is 0.467 e. The van der Waals surface area contributed by atoms with Gasteiger partial charge in [-0.15, -0.1) is 0 Å². The first-order chi connectivity index (χ1) is 7.80. The smallest absolute Gasteiger partial charge is 0.322 e. The Labute approximate surface area is 94.3 Å². The summed E-state index contributed by atoms with van der Waals surface area (Å²) < 4.78 is 4.95. The highest BCUT2D eigenvalue weighted by atomic mass is 16.5. The molecule has 7 heteroatoms. The van der Waals surface area contributed by atoms with Gasteiger partial charge in [0, 0.05) is 13.1 Å². The molecule has 1 aromatic heterocycles. The van der Waals surface area contributed by atoms with Crippen molar-refractivity contribution < 1.29 is 9.84 Å². The fourth-order valence-corrected chi connectivity index (χ4v) is 1.01. The number of ether oxygens (including phenoxy) is 1. The predicted octanol–water partition coefficient (Wildman–Crippen LogP) is 0.106. The standard InChI is InChI=1S/C9H17N5O2/c1-3-4-10-7-12-8(11-5-6-15)14-9(13-7)16-2/h15H,3-6H2,1-2H3,(H2,10,11,12,13,14). The molecule has 1 rings (SSSR count). The summed E-state index contributed by atoms with van der Waals surface area (Å²) in [5, 5.41) is 14.6. The van der Waals surface area contributed by atoms with Gasteiger partial charge in [-0.1, -0.05) is 6.92 Å². The van der Waals surface area contributed by atoms with Crippen molar-refractivity contribution in [3.8, 4) is 6.01 Å². The Morgan fingerprint density at radius 2 is 1.75 bits per heavy atom. The van der Waals surface area contributed by atoms with Crippen LogP contribution in [0.3, 0.4) is 0 Å². The van der Waals surface area contributed by atoms with Gasteiger partial charge in [0.05, 0.1) is 13.7 Å². The van der Waals surface area contributed by atoms with Crippen molar-refractivity contribution in [2.75, 3.05) is 37.4 Å². The molecule has 0 aliphatic carbocycles. The summed E-state index contributed by atoms with van der Waals surface area (Å²) in [7, 11) is 1.49. The van der Waals surface area contributed by atoms with E-state index in [-0.39, 0.29) is 12.6 Å². The monoisotopic (exact) mass is 227 g/mol. The Hall–Kier alpha value is -1.63. The molecule has 16 heavy (non-hydrogen) atoms. The lowest BCUT2D eigenvalue weighted by molar-refractivity contribution is 0.310. The molecule has 0 atom stereocenters. The molecule has 0 aliphatic heterocycles. The minimum absolute atomic E-state index is 0.0196. The van der Waals surface area contributed by atoms with Gasteiger partial charge in [-0.3, -0.25) is 0 Å². The quantitative estimate of drug-likeness (QED) is 0.608. The summed E-state index contributed by atoms with van der Waals surface area (Å²) in [4.78, 5) is 12.2. The van der Waals surface area contributed by atoms with Crippen molar-refractivity contribution >= 4 is 11.9 Å². The highest BCUT2D eigenvalue weighted by molar-refractivity contribution is 5.35. The summed E-state index contributed by atoms with van der Waals surface area (Å²) in [6.45, 7) is 3.25. The molecule has 90 valence electrons. The maximum Gasteiger partial charge on any atom is 0.322 e. The molecule has 0 saturated carbocycles. The molecule has 7 nitrogen and oxygen atoms in total. The molecule has 0 aliphatic rings. The zero-order valence-electron chi connectivity index (χ0n) is 9.53. The average Bonchev–Trinajstić information content (AvgIpc) is 2.33. The Balaban J connectivity index is 2.74. The second-order valence-corrected chi connectivity index (χ2v) is 3.05. The molecule has 1 aromatic rings. The highest BCUT2D eigenvalue weighted by Crippen LogP contribution is 2.10. The summed E-state index contributed by atoms with van der Waals surface area (Å²) in [5.74, 6) is 0.855. The number of aliphatic hydroxyl groups is 1. The van der Waals surface area contributed by atoms with Crippen LogP contribution in [-0.2, 0) is 0 Å². The van der Waals surface area contributed by atoms with E-state index in [1.54, 1.807) is 0 Å². The van der Waals surface area contributed by atoms with E-state index < -0.39 is 0 Å². The van der Waals surface area contributed by atoms with Crippen LogP contribution < -0.4 is 15.4 Å². The number of rotatable bonds is 7. The minimum atomic E-state index is 0.0196. The molecule has 0 bridgehead atoms. The Morgan fingerprint density at radius 3 is 2.25 bits per heavy atom. The predicted molar refractivity (Wildman–Crippen MR) is 60.7 cm³/mol. The fraction of sp³-hybridized carbons (Fsp3) is 0.667. The van der Waals surface area contributed by atoms with Crippen LogP contribution in [0.1, 0.15) is 13.3 Å². The van der Waals surface area contributed by atoms with Gasteiger partial charge in [-0.25, -0.2) is 0 Å². The summed E-state index contributed by atoms with van der Waals surface area (Å²) in [5.41, 5.74) is 0. The molecular weight excluding hydrogens is 210 g/mol. The van der Waals surface area contributed by atoms with Crippen molar-refractivity contribution in [1.29, 1.82) is 0 Å². The van der Waals surface area contributed by atoms with E-state index >= 15 is 0 Å². The molecule has 0 fully saturated rings. The maximum absolute atomic E-state index is 8.68. The van der Waals surface area contributed by atoms with Crippen LogP contribution in [0.5, 0.6) is 6.01 Å². The van der Waals surface area contributed by atoms with Gasteiger partial charge in [0.1, 0.15) is 0 Å². The zero-order valence-corrected chi connectivity index (χ0v) is 9.53. The molecular formula is C9H17N5O2. The van der Waals surface area contributed by atoms with E-state index in [4.69, 9.17) is 9.84 Å². The van der Waals surface area contributed by atoms with Crippen LogP contribution in [0.2, 0.25) is 0 Å². The number of aromatic nitrogens is 3. The minimum Gasteiger partial charge on any atom is -0.467 e. The number of aliphatic hydroxyl groups excluding tert-OH is 1. The molecule has 3 N–H and O–H groups in total. The average molecular weight is 227 g/mol. The summed E-state index contributed by atoms with van der Waals surface area (Å²) >= 11 is 0. The first-order valence-corrected chi connectivity index (χ1v) is 5.18. The third kappa shape index (κ3) is 3.85. The number of nitrogens with zero attached hydrogens (tertiary/aromatic N) is 3. The van der Waals surface area contributed by atoms with Gasteiger partial charge in [-0.05, 0) is 6.42 Å². The Bertz CT molecular complexity index is 295. The third-order valence-electron chi connectivity index (χ3n) is 1.73. The van der Waals surface area contributed by atoms with E-state index in [1.807, 2.05) is 0 Å². The van der Waals surface area contributed by atoms with Crippen molar-refractivity contribution in [3.05, 3.63) is 0 Å². The lowest BCUT2D eigenvalue weighted by Gasteiger charge is -2.07. The van der Waals surface area contributed by atoms with Crippen LogP contribution in [-0.4, -0.2) is 46.9 Å². The Kier molecular flexibility index (Phi) is 5.27. The van der Waals surface area contributed by atoms with Crippen LogP contribution in [0, 0.1) is 0 Å². The van der Waals surface area contributed by atoms with E-state index in [0.717, 1.165) is 13.0 Å². The van der Waals surface area contributed by atoms with Gasteiger partial charge in [-0.2, -0.15) is 15.0 Å². The van der Waals surface area contributed by atoms with Crippen LogP contribution >= 0.6 is 0 Å². The van der Waals surface area contributed by atoms with Crippen molar-refractivity contribution in [1.82, 2.24) is 15.0 Å². The SMILES string of the molecule is CCCNc1nc(NCCO)nc(OC)n1. The lowest BCUT2D eigenvalue weighted by Crippen LogP contribution is -2.12. The fourth-order valence-electron chi connectivity index (χ4n) is 1.01. The van der Waals surface area contributed by atoms with Gasteiger partial charge < -0.3 is 20.5 Å². The highest BCUT2D eigenvalue weighted by Gasteiger charge is 2.05. The second-order valence-electron chi connectivity index (χ2n) is 3.05. The number of anilines is 2. The molecule has 0 radical (unpaired) electrons.